The van der Waals surface area contributed by atoms with Gasteiger partial charge in [0.15, 0.2) is 0 Å². The van der Waals surface area contributed by atoms with Crippen LogP contribution in [0.1, 0.15) is 30.0 Å². The van der Waals surface area contributed by atoms with Crippen molar-refractivity contribution < 1.29 is 4.79 Å². The number of rotatable bonds is 4. The van der Waals surface area contributed by atoms with Crippen LogP contribution in [-0.2, 0) is 11.3 Å². The van der Waals surface area contributed by atoms with Gasteiger partial charge in [-0.2, -0.15) is 0 Å². The van der Waals surface area contributed by atoms with Crippen molar-refractivity contribution in [1.82, 2.24) is 15.2 Å². The Hall–Kier alpha value is -0.360. The van der Waals surface area contributed by atoms with E-state index in [1.54, 1.807) is 16.2 Å². The minimum absolute atomic E-state index is 0. The first-order valence-corrected chi connectivity index (χ1v) is 6.91. The molecule has 1 aromatic heterocycles. The molecule has 0 bridgehead atoms. The molecule has 19 heavy (non-hydrogen) atoms. The van der Waals surface area contributed by atoms with Gasteiger partial charge in [-0.05, 0) is 26.3 Å². The zero-order chi connectivity index (χ0) is 12.3. The summed E-state index contributed by atoms with van der Waals surface area (Å²) in [6.07, 6.45) is 2.92. The van der Waals surface area contributed by atoms with E-state index in [9.17, 15) is 4.79 Å². The van der Waals surface area contributed by atoms with Crippen molar-refractivity contribution in [1.29, 1.82) is 0 Å². The normalized spacial score (nSPS) is 17.5. The number of halogens is 2. The van der Waals surface area contributed by atoms with Crippen LogP contribution < -0.4 is 5.32 Å². The molecule has 0 radical (unpaired) electrons. The van der Waals surface area contributed by atoms with E-state index in [4.69, 9.17) is 0 Å². The Morgan fingerprint density at radius 2 is 2.32 bits per heavy atom. The Morgan fingerprint density at radius 1 is 1.58 bits per heavy atom. The lowest BCUT2D eigenvalue weighted by Gasteiger charge is -2.18. The highest BCUT2D eigenvalue weighted by Crippen LogP contribution is 2.13. The second-order valence-corrected chi connectivity index (χ2v) is 5.67. The topological polar surface area (TPSA) is 45.2 Å². The third-order valence-corrected chi connectivity index (χ3v) is 3.90. The first-order valence-electron chi connectivity index (χ1n) is 6.03. The van der Waals surface area contributed by atoms with E-state index in [0.29, 0.717) is 19.0 Å². The number of nitrogens with one attached hydrogen (secondary N) is 1. The summed E-state index contributed by atoms with van der Waals surface area (Å²) in [4.78, 5) is 18.1. The second-order valence-electron chi connectivity index (χ2n) is 4.61. The molecule has 1 aliphatic rings. The van der Waals surface area contributed by atoms with Crippen LogP contribution in [-0.4, -0.2) is 35.4 Å². The van der Waals surface area contributed by atoms with Gasteiger partial charge in [0.1, 0.15) is 0 Å². The molecule has 4 nitrogen and oxygen atoms in total. The van der Waals surface area contributed by atoms with Gasteiger partial charge in [0.2, 0.25) is 5.91 Å². The molecule has 1 saturated heterocycles. The van der Waals surface area contributed by atoms with E-state index >= 15 is 0 Å². The Morgan fingerprint density at radius 3 is 2.84 bits per heavy atom. The molecule has 1 aliphatic heterocycles. The number of amides is 1. The predicted molar refractivity (Wildman–Crippen MR) is 83.5 cm³/mol. The maximum atomic E-state index is 12.0. The van der Waals surface area contributed by atoms with Crippen LogP contribution in [0, 0.1) is 6.92 Å². The molecule has 0 spiro atoms. The average Bonchev–Trinajstić information content (AvgIpc) is 2.90. The second kappa shape index (κ2) is 8.74. The number of thiazole rings is 1. The Balaban J connectivity index is 0.00000162. The molecule has 1 N–H and O–H groups in total. The lowest BCUT2D eigenvalue weighted by atomic mass is 10.1. The van der Waals surface area contributed by atoms with Crippen molar-refractivity contribution in [2.24, 2.45) is 0 Å². The van der Waals surface area contributed by atoms with Gasteiger partial charge in [0.05, 0.1) is 17.2 Å². The fraction of sp³-hybridized carbons (Fsp3) is 0.667. The number of carbonyl (C=O) groups excluding carboxylic acids is 1. The summed E-state index contributed by atoms with van der Waals surface area (Å²) < 4.78 is 0. The van der Waals surface area contributed by atoms with Gasteiger partial charge in [0.25, 0.3) is 0 Å². The van der Waals surface area contributed by atoms with Gasteiger partial charge in [-0.1, -0.05) is 0 Å². The lowest BCUT2D eigenvalue weighted by Crippen LogP contribution is -2.33. The number of hydrogen-bond donors (Lipinski definition) is 1. The molecule has 0 aromatic carbocycles. The van der Waals surface area contributed by atoms with E-state index in [2.05, 4.69) is 10.3 Å². The Bertz CT molecular complexity index is 394. The molecule has 0 aliphatic carbocycles. The van der Waals surface area contributed by atoms with Crippen molar-refractivity contribution in [2.75, 3.05) is 13.6 Å². The van der Waals surface area contributed by atoms with Gasteiger partial charge in [-0.3, -0.25) is 4.79 Å². The highest BCUT2D eigenvalue weighted by atomic mass is 35.5. The standard InChI is InChI=1S/C12H19N3OS.2ClH/c1-9-14-11(8-17-9)7-15(2)12(16)6-10-4-3-5-13-10;;/h8,10,13H,3-7H2,1-2H3;2*1H. The molecule has 1 aromatic rings. The molecule has 1 fully saturated rings. The summed E-state index contributed by atoms with van der Waals surface area (Å²) in [6, 6.07) is 0.377. The van der Waals surface area contributed by atoms with E-state index in [0.717, 1.165) is 23.7 Å². The molecule has 1 atom stereocenters. The first-order chi connectivity index (χ1) is 8.15. The number of hydrogen-bond acceptors (Lipinski definition) is 4. The first kappa shape index (κ1) is 18.6. The maximum Gasteiger partial charge on any atom is 0.224 e. The Labute approximate surface area is 130 Å². The summed E-state index contributed by atoms with van der Waals surface area (Å²) in [5, 5.41) is 6.42. The third kappa shape index (κ3) is 5.65. The molecular weight excluding hydrogens is 305 g/mol. The largest absolute Gasteiger partial charge is 0.340 e. The maximum absolute atomic E-state index is 12.0. The fourth-order valence-electron chi connectivity index (χ4n) is 2.11. The number of aryl methyl sites for hydroxylation is 1. The quantitative estimate of drug-likeness (QED) is 0.924. The van der Waals surface area contributed by atoms with Crippen LogP contribution in [0.15, 0.2) is 5.38 Å². The minimum Gasteiger partial charge on any atom is -0.340 e. The number of nitrogens with zero attached hydrogens (tertiary/aromatic N) is 2. The minimum atomic E-state index is 0. The van der Waals surface area contributed by atoms with Crippen molar-refractivity contribution in [3.8, 4) is 0 Å². The molecule has 2 heterocycles. The molecular formula is C12H21Cl2N3OS. The highest BCUT2D eigenvalue weighted by Gasteiger charge is 2.20. The van der Waals surface area contributed by atoms with E-state index < -0.39 is 0 Å². The SMILES string of the molecule is Cc1nc(CN(C)C(=O)CC2CCCN2)cs1.Cl.Cl. The van der Waals surface area contributed by atoms with Crippen LogP contribution in [0.4, 0.5) is 0 Å². The summed E-state index contributed by atoms with van der Waals surface area (Å²) >= 11 is 1.63. The Kier molecular flexibility index (Phi) is 8.57. The molecule has 1 amide bonds. The smallest absolute Gasteiger partial charge is 0.224 e. The van der Waals surface area contributed by atoms with Gasteiger partial charge in [-0.25, -0.2) is 4.98 Å². The third-order valence-electron chi connectivity index (χ3n) is 3.07. The number of carbonyl (C=O) groups is 1. The molecule has 0 saturated carbocycles. The molecule has 2 rings (SSSR count). The van der Waals surface area contributed by atoms with Crippen molar-refractivity contribution in [3.63, 3.8) is 0 Å². The number of aromatic nitrogens is 1. The van der Waals surface area contributed by atoms with Crippen LogP contribution in [0.5, 0.6) is 0 Å². The van der Waals surface area contributed by atoms with Crippen LogP contribution in [0.3, 0.4) is 0 Å². The summed E-state index contributed by atoms with van der Waals surface area (Å²) in [6.45, 7) is 3.65. The van der Waals surface area contributed by atoms with Crippen molar-refractivity contribution >= 4 is 42.1 Å². The summed E-state index contributed by atoms with van der Waals surface area (Å²) in [7, 11) is 1.85. The molecule has 1 unspecified atom stereocenters. The lowest BCUT2D eigenvalue weighted by molar-refractivity contribution is -0.130. The van der Waals surface area contributed by atoms with Gasteiger partial charge >= 0.3 is 0 Å². The van der Waals surface area contributed by atoms with Crippen LogP contribution in [0.2, 0.25) is 0 Å². The molecule has 7 heteroatoms. The average molecular weight is 326 g/mol. The monoisotopic (exact) mass is 325 g/mol. The van der Waals surface area contributed by atoms with E-state index in [-0.39, 0.29) is 30.7 Å². The summed E-state index contributed by atoms with van der Waals surface area (Å²) in [5.74, 6) is 0.204. The summed E-state index contributed by atoms with van der Waals surface area (Å²) in [5.41, 5.74) is 0.989. The molecule has 110 valence electrons. The zero-order valence-electron chi connectivity index (χ0n) is 11.2. The predicted octanol–water partition coefficient (Wildman–Crippen LogP) is 2.40. The van der Waals surface area contributed by atoms with Gasteiger partial charge < -0.3 is 10.2 Å². The van der Waals surface area contributed by atoms with E-state index in [1.807, 2.05) is 19.4 Å². The zero-order valence-corrected chi connectivity index (χ0v) is 13.7. The van der Waals surface area contributed by atoms with E-state index in [1.165, 1.54) is 6.42 Å². The van der Waals surface area contributed by atoms with Gasteiger partial charge in [0, 0.05) is 24.9 Å². The van der Waals surface area contributed by atoms with Crippen molar-refractivity contribution in [3.05, 3.63) is 16.1 Å². The van der Waals surface area contributed by atoms with Gasteiger partial charge in [-0.15, -0.1) is 36.2 Å². The van der Waals surface area contributed by atoms with Crippen LogP contribution in [0.25, 0.3) is 0 Å². The fourth-order valence-corrected chi connectivity index (χ4v) is 2.71. The van der Waals surface area contributed by atoms with Crippen LogP contribution >= 0.6 is 36.2 Å². The van der Waals surface area contributed by atoms with Crippen molar-refractivity contribution in [2.45, 2.75) is 38.8 Å². The highest BCUT2D eigenvalue weighted by molar-refractivity contribution is 7.09.